The van der Waals surface area contributed by atoms with Crippen LogP contribution < -0.4 is 28.4 Å². The van der Waals surface area contributed by atoms with Gasteiger partial charge in [-0.15, -0.1) is 5.10 Å². The molecule has 0 aliphatic heterocycles. The Bertz CT molecular complexity index is 2390. The van der Waals surface area contributed by atoms with Gasteiger partial charge in [0.2, 0.25) is 11.5 Å². The number of methoxy groups -OCH3 is 3. The van der Waals surface area contributed by atoms with Crippen molar-refractivity contribution in [1.29, 1.82) is 0 Å². The summed E-state index contributed by atoms with van der Waals surface area (Å²) in [6.07, 6.45) is -6.99. The van der Waals surface area contributed by atoms with Crippen LogP contribution in [0.25, 0.3) is 5.65 Å². The SMILES string of the molecule is COc1c(Cl)ccc(Cl)c1C(=O)O.COc1cnc(OC)n2nc(NS(=O)(=O)c3c(OCC(F)F)cccc3C(F)(F)F)nc12.O=C(O)COc1nc(Cl)c(Cl)cc1Cl. The molecular formula is C31H24Cl5F5N6O11S. The second kappa shape index (κ2) is 20.8. The molecule has 0 saturated carbocycles. The van der Waals surface area contributed by atoms with Gasteiger partial charge < -0.3 is 33.9 Å². The summed E-state index contributed by atoms with van der Waals surface area (Å²) in [7, 11) is -1.22. The van der Waals surface area contributed by atoms with Gasteiger partial charge in [-0.3, -0.25) is 0 Å². The predicted octanol–water partition coefficient (Wildman–Crippen LogP) is 7.81. The van der Waals surface area contributed by atoms with Crippen LogP contribution in [-0.2, 0) is 21.0 Å². The van der Waals surface area contributed by atoms with Crippen molar-refractivity contribution in [3.05, 3.63) is 79.0 Å². The van der Waals surface area contributed by atoms with Gasteiger partial charge in [0, 0.05) is 0 Å². The molecule has 320 valence electrons. The van der Waals surface area contributed by atoms with Crippen molar-refractivity contribution in [2.24, 2.45) is 0 Å². The Hall–Kier alpha value is -5.07. The lowest BCUT2D eigenvalue weighted by molar-refractivity contribution is -0.140. The van der Waals surface area contributed by atoms with Crippen LogP contribution in [0.5, 0.6) is 29.1 Å². The Morgan fingerprint density at radius 1 is 0.881 bits per heavy atom. The first kappa shape index (κ1) is 48.3. The predicted molar refractivity (Wildman–Crippen MR) is 200 cm³/mol. The normalized spacial score (nSPS) is 11.2. The quantitative estimate of drug-likeness (QED) is 0.0756. The van der Waals surface area contributed by atoms with Gasteiger partial charge in [0.1, 0.15) is 27.8 Å². The number of nitrogens with zero attached hydrogens (tertiary/aromatic N) is 5. The van der Waals surface area contributed by atoms with Crippen molar-refractivity contribution in [2.45, 2.75) is 17.5 Å². The van der Waals surface area contributed by atoms with E-state index in [1.54, 1.807) is 4.72 Å². The fourth-order valence-electron chi connectivity index (χ4n) is 4.20. The molecule has 0 aliphatic rings. The van der Waals surface area contributed by atoms with E-state index in [-0.39, 0.29) is 59.8 Å². The van der Waals surface area contributed by atoms with E-state index in [1.165, 1.54) is 45.7 Å². The number of anilines is 1. The zero-order valence-electron chi connectivity index (χ0n) is 29.5. The largest absolute Gasteiger partial charge is 0.494 e. The Morgan fingerprint density at radius 2 is 1.54 bits per heavy atom. The summed E-state index contributed by atoms with van der Waals surface area (Å²) in [4.78, 5) is 30.9. The smallest absolute Gasteiger partial charge is 0.417 e. The third-order valence-corrected chi connectivity index (χ3v) is 9.48. The summed E-state index contributed by atoms with van der Waals surface area (Å²) in [5.74, 6) is -3.79. The van der Waals surface area contributed by atoms with Crippen molar-refractivity contribution < 1.29 is 73.9 Å². The molecule has 0 unspecified atom stereocenters. The average Bonchev–Trinajstić information content (AvgIpc) is 3.58. The summed E-state index contributed by atoms with van der Waals surface area (Å²) < 4.78 is 118. The van der Waals surface area contributed by atoms with E-state index in [1.807, 2.05) is 0 Å². The van der Waals surface area contributed by atoms with Crippen LogP contribution in [0.3, 0.4) is 0 Å². The number of halogens is 10. The number of carboxylic acids is 2. The standard InChI is InChI=1S/C16H14F5N5O5S.C8H6Cl2O3.C7H4Cl3NO3/c1-29-10-6-22-15(30-2)26-13(10)23-14(24-26)25-32(27,28)12-8(16(19,20)21)4-3-5-9(12)31-7-11(17)18;1-13-7-5(10)3-2-4(9)6(7)8(11)12;8-3-1-4(9)7(11-6(3)10)14-2-5(12)13/h3-6,11H,7H2,1-2H3,(H,24,25);2-3H,1H3,(H,11,12);1H,2H2,(H,12,13). The third-order valence-electron chi connectivity index (χ3n) is 6.51. The molecule has 28 heteroatoms. The van der Waals surface area contributed by atoms with Crippen LogP contribution in [0.2, 0.25) is 25.2 Å². The molecule has 5 rings (SSSR count). The zero-order valence-corrected chi connectivity index (χ0v) is 34.1. The number of carbonyl (C=O) groups is 2. The topological polar surface area (TPSA) is 223 Å². The number of ether oxygens (including phenoxy) is 5. The van der Waals surface area contributed by atoms with Crippen LogP contribution >= 0.6 is 58.0 Å². The van der Waals surface area contributed by atoms with E-state index in [2.05, 4.69) is 24.8 Å². The van der Waals surface area contributed by atoms with Crippen LogP contribution in [-0.4, -0.2) is 96.1 Å². The molecule has 0 radical (unpaired) electrons. The molecule has 2 aromatic carbocycles. The van der Waals surface area contributed by atoms with Crippen molar-refractivity contribution in [1.82, 2.24) is 24.6 Å². The van der Waals surface area contributed by atoms with Gasteiger partial charge in [-0.2, -0.15) is 32.6 Å². The fraction of sp³-hybridized carbons (Fsp3) is 0.226. The average molecular weight is 961 g/mol. The minimum absolute atomic E-state index is 0.0106. The highest BCUT2D eigenvalue weighted by atomic mass is 35.5. The van der Waals surface area contributed by atoms with Crippen LogP contribution in [0, 0.1) is 0 Å². The number of alkyl halides is 5. The first-order valence-corrected chi connectivity index (χ1v) is 18.5. The van der Waals surface area contributed by atoms with E-state index in [9.17, 15) is 40.0 Å². The molecule has 0 saturated heterocycles. The molecular weight excluding hydrogens is 937 g/mol. The summed E-state index contributed by atoms with van der Waals surface area (Å²) in [5, 5.41) is 21.6. The van der Waals surface area contributed by atoms with E-state index >= 15 is 0 Å². The number of aromatic nitrogens is 5. The minimum atomic E-state index is -5.14. The maximum absolute atomic E-state index is 13.5. The fourth-order valence-corrected chi connectivity index (χ4v) is 6.51. The van der Waals surface area contributed by atoms with E-state index in [4.69, 9.17) is 87.2 Å². The van der Waals surface area contributed by atoms with Gasteiger partial charge in [0.15, 0.2) is 23.3 Å². The molecule has 59 heavy (non-hydrogen) atoms. The Labute approximate surface area is 353 Å². The molecule has 0 aliphatic carbocycles. The Balaban J connectivity index is 0.000000283. The first-order valence-electron chi connectivity index (χ1n) is 15.1. The highest BCUT2D eigenvalue weighted by Gasteiger charge is 2.40. The van der Waals surface area contributed by atoms with Gasteiger partial charge in [0.05, 0.1) is 48.2 Å². The number of fused-ring (bicyclic) bond motifs is 1. The molecule has 3 heterocycles. The molecule has 0 spiro atoms. The molecule has 3 aromatic heterocycles. The molecule has 3 N–H and O–H groups in total. The van der Waals surface area contributed by atoms with Crippen molar-refractivity contribution >= 4 is 91.6 Å². The van der Waals surface area contributed by atoms with Crippen LogP contribution in [0.1, 0.15) is 15.9 Å². The molecule has 0 atom stereocenters. The van der Waals surface area contributed by atoms with Crippen molar-refractivity contribution in [3.63, 3.8) is 0 Å². The van der Waals surface area contributed by atoms with E-state index in [0.717, 1.165) is 16.6 Å². The number of aliphatic carboxylic acids is 1. The number of sulfonamides is 1. The number of rotatable bonds is 13. The van der Waals surface area contributed by atoms with Gasteiger partial charge >= 0.3 is 24.1 Å². The van der Waals surface area contributed by atoms with Crippen molar-refractivity contribution in [2.75, 3.05) is 39.3 Å². The molecule has 0 fully saturated rings. The number of aromatic carboxylic acids is 1. The molecule has 17 nitrogen and oxygen atoms in total. The molecule has 5 aromatic rings. The van der Waals surface area contributed by atoms with Crippen molar-refractivity contribution in [3.8, 4) is 29.1 Å². The zero-order chi connectivity index (χ0) is 44.4. The van der Waals surface area contributed by atoms with Gasteiger partial charge in [-0.1, -0.05) is 64.1 Å². The maximum Gasteiger partial charge on any atom is 0.417 e. The lowest BCUT2D eigenvalue weighted by Crippen LogP contribution is -2.21. The summed E-state index contributed by atoms with van der Waals surface area (Å²) >= 11 is 28.2. The van der Waals surface area contributed by atoms with Gasteiger partial charge in [0.25, 0.3) is 22.4 Å². The maximum atomic E-state index is 13.5. The van der Waals surface area contributed by atoms with Crippen LogP contribution in [0.15, 0.2) is 47.5 Å². The highest BCUT2D eigenvalue weighted by Crippen LogP contribution is 2.40. The lowest BCUT2D eigenvalue weighted by atomic mass is 10.2. The highest BCUT2D eigenvalue weighted by molar-refractivity contribution is 7.92. The van der Waals surface area contributed by atoms with E-state index in [0.29, 0.717) is 6.07 Å². The Kier molecular flexibility index (Phi) is 17.0. The number of carboxylic acid groups (broad SMARTS) is 2. The minimum Gasteiger partial charge on any atom is -0.494 e. The summed E-state index contributed by atoms with van der Waals surface area (Å²) in [5.41, 5.74) is -1.80. The Morgan fingerprint density at radius 3 is 2.08 bits per heavy atom. The van der Waals surface area contributed by atoms with Gasteiger partial charge in [-0.25, -0.2) is 31.5 Å². The van der Waals surface area contributed by atoms with Gasteiger partial charge in [-0.05, 0) is 30.3 Å². The lowest BCUT2D eigenvalue weighted by Gasteiger charge is -2.17. The molecule has 0 bridgehead atoms. The second-order valence-corrected chi connectivity index (χ2v) is 14.0. The first-order chi connectivity index (χ1) is 27.6. The second-order valence-electron chi connectivity index (χ2n) is 10.4. The third kappa shape index (κ3) is 12.7. The number of pyridine rings is 1. The summed E-state index contributed by atoms with van der Waals surface area (Å²) in [6.45, 7) is -1.86. The number of benzene rings is 2. The van der Waals surface area contributed by atoms with Crippen LogP contribution in [0.4, 0.5) is 27.9 Å². The summed E-state index contributed by atoms with van der Waals surface area (Å²) in [6, 6.07) is 6.21. The number of nitrogens with one attached hydrogen (secondary N) is 1. The monoisotopic (exact) mass is 958 g/mol. The number of hydrogen-bond donors (Lipinski definition) is 3. The number of hydrogen-bond acceptors (Lipinski definition) is 13. The molecule has 0 amide bonds. The van der Waals surface area contributed by atoms with E-state index < -0.39 is 69.9 Å².